The summed E-state index contributed by atoms with van der Waals surface area (Å²) < 4.78 is 10.7. The lowest BCUT2D eigenvalue weighted by Gasteiger charge is -2.32. The van der Waals surface area contributed by atoms with Crippen LogP contribution in [0.2, 0.25) is 5.02 Å². The molecule has 1 N–H and O–H groups in total. The van der Waals surface area contributed by atoms with E-state index in [-0.39, 0.29) is 24.5 Å². The molecule has 0 aliphatic carbocycles. The van der Waals surface area contributed by atoms with Gasteiger partial charge in [0, 0.05) is 36.6 Å². The molecule has 0 unspecified atom stereocenters. The first-order valence-corrected chi connectivity index (χ1v) is 10.9. The SMILES string of the molecule is CC(=O)Oc1cccc(C(=O)NC2CCN(C(=O)COc3cc(C)c(Cl)c(C)c3)CC2)c1. The van der Waals surface area contributed by atoms with E-state index in [0.717, 1.165) is 11.1 Å². The van der Waals surface area contributed by atoms with Crippen molar-refractivity contribution < 1.29 is 23.9 Å². The fourth-order valence-electron chi connectivity index (χ4n) is 3.63. The molecule has 1 aliphatic heterocycles. The summed E-state index contributed by atoms with van der Waals surface area (Å²) in [6.07, 6.45) is 1.31. The number of piperidine rings is 1. The molecule has 1 saturated heterocycles. The van der Waals surface area contributed by atoms with Crippen LogP contribution in [0.1, 0.15) is 41.3 Å². The summed E-state index contributed by atoms with van der Waals surface area (Å²) in [5.41, 5.74) is 2.23. The lowest BCUT2D eigenvalue weighted by atomic mass is 10.0. The summed E-state index contributed by atoms with van der Waals surface area (Å²) in [6.45, 7) is 6.15. The number of halogens is 1. The molecule has 2 aromatic rings. The van der Waals surface area contributed by atoms with Crippen molar-refractivity contribution >= 4 is 29.4 Å². The molecule has 3 rings (SSSR count). The van der Waals surface area contributed by atoms with Crippen molar-refractivity contribution in [2.75, 3.05) is 19.7 Å². The minimum Gasteiger partial charge on any atom is -0.484 e. The third kappa shape index (κ3) is 6.23. The highest BCUT2D eigenvalue weighted by Gasteiger charge is 2.24. The van der Waals surface area contributed by atoms with Crippen LogP contribution in [0.5, 0.6) is 11.5 Å². The molecule has 0 spiro atoms. The van der Waals surface area contributed by atoms with Gasteiger partial charge >= 0.3 is 5.97 Å². The Bertz CT molecular complexity index is 992. The lowest BCUT2D eigenvalue weighted by molar-refractivity contribution is -0.134. The molecule has 32 heavy (non-hydrogen) atoms. The summed E-state index contributed by atoms with van der Waals surface area (Å²) in [4.78, 5) is 37.9. The molecule has 0 saturated carbocycles. The maximum atomic E-state index is 12.5. The topological polar surface area (TPSA) is 84.9 Å². The number of rotatable bonds is 6. The first-order chi connectivity index (χ1) is 15.2. The maximum Gasteiger partial charge on any atom is 0.308 e. The second kappa shape index (κ2) is 10.5. The standard InChI is InChI=1S/C24H27ClN2O5/c1-15-11-21(12-16(2)23(15)25)31-14-22(29)27-9-7-19(8-10-27)26-24(30)18-5-4-6-20(13-18)32-17(3)28/h4-6,11-13,19H,7-10,14H2,1-3H3,(H,26,30). The van der Waals surface area contributed by atoms with E-state index >= 15 is 0 Å². The number of carbonyl (C=O) groups excluding carboxylic acids is 3. The molecular weight excluding hydrogens is 432 g/mol. The van der Waals surface area contributed by atoms with Gasteiger partial charge in [-0.05, 0) is 68.1 Å². The van der Waals surface area contributed by atoms with Gasteiger partial charge in [-0.25, -0.2) is 0 Å². The molecule has 170 valence electrons. The Morgan fingerprint density at radius 1 is 1.06 bits per heavy atom. The number of nitrogens with one attached hydrogen (secondary N) is 1. The van der Waals surface area contributed by atoms with Crippen molar-refractivity contribution in [2.45, 2.75) is 39.7 Å². The van der Waals surface area contributed by atoms with Crippen LogP contribution in [-0.2, 0) is 9.59 Å². The number of aryl methyl sites for hydroxylation is 2. The zero-order chi connectivity index (χ0) is 23.3. The van der Waals surface area contributed by atoms with E-state index < -0.39 is 5.97 Å². The van der Waals surface area contributed by atoms with E-state index in [4.69, 9.17) is 21.1 Å². The average Bonchev–Trinajstić information content (AvgIpc) is 2.76. The fraction of sp³-hybridized carbons (Fsp3) is 0.375. The maximum absolute atomic E-state index is 12.5. The zero-order valence-electron chi connectivity index (χ0n) is 18.4. The molecule has 2 amide bonds. The Morgan fingerprint density at radius 3 is 2.34 bits per heavy atom. The van der Waals surface area contributed by atoms with Crippen LogP contribution < -0.4 is 14.8 Å². The smallest absolute Gasteiger partial charge is 0.308 e. The van der Waals surface area contributed by atoms with E-state index in [2.05, 4.69) is 5.32 Å². The van der Waals surface area contributed by atoms with Gasteiger partial charge in [0.05, 0.1) is 0 Å². The molecule has 1 aliphatic rings. The van der Waals surface area contributed by atoms with Crippen molar-refractivity contribution in [1.82, 2.24) is 10.2 Å². The molecule has 2 aromatic carbocycles. The number of esters is 1. The zero-order valence-corrected chi connectivity index (χ0v) is 19.2. The van der Waals surface area contributed by atoms with Gasteiger partial charge in [-0.15, -0.1) is 0 Å². The summed E-state index contributed by atoms with van der Waals surface area (Å²) in [7, 11) is 0. The van der Waals surface area contributed by atoms with Gasteiger partial charge in [-0.1, -0.05) is 17.7 Å². The summed E-state index contributed by atoms with van der Waals surface area (Å²) in [6, 6.07) is 10.1. The summed E-state index contributed by atoms with van der Waals surface area (Å²) in [5.74, 6) is 0.187. The van der Waals surface area contributed by atoms with Crippen LogP contribution in [0.3, 0.4) is 0 Å². The van der Waals surface area contributed by atoms with Gasteiger partial charge in [0.25, 0.3) is 11.8 Å². The van der Waals surface area contributed by atoms with Crippen LogP contribution in [0.15, 0.2) is 36.4 Å². The van der Waals surface area contributed by atoms with E-state index in [1.165, 1.54) is 13.0 Å². The largest absolute Gasteiger partial charge is 0.484 e. The predicted octanol–water partition coefficient (Wildman–Crippen LogP) is 3.68. The Balaban J connectivity index is 1.47. The second-order valence-electron chi connectivity index (χ2n) is 7.91. The minimum atomic E-state index is -0.440. The lowest BCUT2D eigenvalue weighted by Crippen LogP contribution is -2.47. The van der Waals surface area contributed by atoms with Crippen molar-refractivity contribution in [3.8, 4) is 11.5 Å². The molecular formula is C24H27ClN2O5. The van der Waals surface area contributed by atoms with Crippen LogP contribution >= 0.6 is 11.6 Å². The Labute approximate surface area is 192 Å². The highest BCUT2D eigenvalue weighted by Crippen LogP contribution is 2.26. The Hall–Kier alpha value is -3.06. The Kier molecular flexibility index (Phi) is 7.75. The van der Waals surface area contributed by atoms with Crippen molar-refractivity contribution in [2.24, 2.45) is 0 Å². The van der Waals surface area contributed by atoms with Crippen molar-refractivity contribution in [1.29, 1.82) is 0 Å². The summed E-state index contributed by atoms with van der Waals surface area (Å²) in [5, 5.41) is 3.69. The van der Waals surface area contributed by atoms with Gasteiger partial charge in [0.15, 0.2) is 6.61 Å². The third-order valence-corrected chi connectivity index (χ3v) is 5.91. The number of amides is 2. The van der Waals surface area contributed by atoms with E-state index in [9.17, 15) is 14.4 Å². The van der Waals surface area contributed by atoms with Gasteiger partial charge in [0.1, 0.15) is 11.5 Å². The Morgan fingerprint density at radius 2 is 1.72 bits per heavy atom. The second-order valence-corrected chi connectivity index (χ2v) is 8.29. The molecule has 0 atom stereocenters. The third-order valence-electron chi connectivity index (χ3n) is 5.31. The molecule has 7 nitrogen and oxygen atoms in total. The average molecular weight is 459 g/mol. The first kappa shape index (κ1) is 23.6. The van der Waals surface area contributed by atoms with Crippen LogP contribution in [0.4, 0.5) is 0 Å². The van der Waals surface area contributed by atoms with E-state index in [0.29, 0.717) is 48.0 Å². The molecule has 0 aromatic heterocycles. The molecule has 0 bridgehead atoms. The number of hydrogen-bond donors (Lipinski definition) is 1. The van der Waals surface area contributed by atoms with Gasteiger partial charge in [0.2, 0.25) is 0 Å². The number of hydrogen-bond acceptors (Lipinski definition) is 5. The number of benzene rings is 2. The first-order valence-electron chi connectivity index (χ1n) is 10.5. The van der Waals surface area contributed by atoms with Gasteiger partial charge < -0.3 is 19.7 Å². The fourth-order valence-corrected chi connectivity index (χ4v) is 3.74. The number of nitrogens with zero attached hydrogens (tertiary/aromatic N) is 1. The molecule has 8 heteroatoms. The highest BCUT2D eigenvalue weighted by molar-refractivity contribution is 6.32. The van der Waals surface area contributed by atoms with Crippen molar-refractivity contribution in [3.63, 3.8) is 0 Å². The van der Waals surface area contributed by atoms with Crippen molar-refractivity contribution in [3.05, 3.63) is 58.1 Å². The van der Waals surface area contributed by atoms with Crippen LogP contribution in [-0.4, -0.2) is 48.4 Å². The minimum absolute atomic E-state index is 0.0357. The predicted molar refractivity (Wildman–Crippen MR) is 121 cm³/mol. The quantitative estimate of drug-likeness (QED) is 0.527. The van der Waals surface area contributed by atoms with Gasteiger partial charge in [-0.3, -0.25) is 14.4 Å². The van der Waals surface area contributed by atoms with Gasteiger partial charge in [-0.2, -0.15) is 0 Å². The number of ether oxygens (including phenoxy) is 2. The van der Waals surface area contributed by atoms with Crippen LogP contribution in [0.25, 0.3) is 0 Å². The van der Waals surface area contributed by atoms with Crippen LogP contribution in [0, 0.1) is 13.8 Å². The number of carbonyl (C=O) groups is 3. The highest BCUT2D eigenvalue weighted by atomic mass is 35.5. The summed E-state index contributed by atoms with van der Waals surface area (Å²) >= 11 is 6.17. The monoisotopic (exact) mass is 458 g/mol. The molecule has 1 fully saturated rings. The van der Waals surface area contributed by atoms with E-state index in [1.54, 1.807) is 23.1 Å². The normalized spacial score (nSPS) is 14.1. The molecule has 1 heterocycles. The molecule has 0 radical (unpaired) electrons. The number of likely N-dealkylation sites (tertiary alicyclic amines) is 1. The van der Waals surface area contributed by atoms with E-state index in [1.807, 2.05) is 26.0 Å².